The molecule has 0 heterocycles. The van der Waals surface area contributed by atoms with Crippen LogP contribution in [0.3, 0.4) is 0 Å². The van der Waals surface area contributed by atoms with Crippen LogP contribution in [-0.4, -0.2) is 80.0 Å². The van der Waals surface area contributed by atoms with Gasteiger partial charge in [0.25, 0.3) is 10.1 Å². The lowest BCUT2D eigenvalue weighted by atomic mass is 10.0. The second-order valence-corrected chi connectivity index (χ2v) is 9.56. The molecule has 2 atom stereocenters. The highest BCUT2D eigenvalue weighted by Crippen LogP contribution is 2.17. The number of unbranched alkanes of at least 4 members (excludes halogenated alkanes) is 9. The fourth-order valence-corrected chi connectivity index (χ4v) is 4.28. The molecular formula is C22H42O10S. The summed E-state index contributed by atoms with van der Waals surface area (Å²) in [5.74, 6) is -5.39. The summed E-state index contributed by atoms with van der Waals surface area (Å²) < 4.78 is 47.3. The maximum Gasteiger partial charge on any atom is 0.325 e. The van der Waals surface area contributed by atoms with Gasteiger partial charge < -0.3 is 24.4 Å². The van der Waals surface area contributed by atoms with Gasteiger partial charge in [0.1, 0.15) is 0 Å². The molecule has 3 N–H and O–H groups in total. The molecule has 0 aromatic heterocycles. The molecule has 0 rings (SSSR count). The Kier molecular flexibility index (Phi) is 19.4. The standard InChI is InChI=1S/C22H42O10S/c1-2-3-4-5-6-7-8-9-10-11-13-30-15-17-32-18-16-31-14-12-19(21(23)24)20(22(25)26)33(27,28)29/h19-20H,2-18H2,1H3,(H,23,24)(H,25,26)(H,27,28,29)/t19-,20-/m1/s1. The summed E-state index contributed by atoms with van der Waals surface area (Å²) in [4.78, 5) is 22.2. The molecule has 0 aliphatic rings. The van der Waals surface area contributed by atoms with Crippen molar-refractivity contribution < 1.29 is 47.0 Å². The van der Waals surface area contributed by atoms with Crippen molar-refractivity contribution >= 4 is 22.1 Å². The van der Waals surface area contributed by atoms with Gasteiger partial charge >= 0.3 is 11.9 Å². The lowest BCUT2D eigenvalue weighted by molar-refractivity contribution is -0.148. The fourth-order valence-electron chi connectivity index (χ4n) is 3.36. The SMILES string of the molecule is CCCCCCCCCCCCOCCOCCOCC[C@@H](C(=O)O)[C@H](C(=O)O)S(=O)(=O)O. The number of carboxylic acids is 2. The number of ether oxygens (including phenoxy) is 3. The minimum Gasteiger partial charge on any atom is -0.481 e. The van der Waals surface area contributed by atoms with E-state index in [9.17, 15) is 18.0 Å². The number of carbonyl (C=O) groups is 2. The van der Waals surface area contributed by atoms with Gasteiger partial charge in [0, 0.05) is 13.2 Å². The molecule has 0 unspecified atom stereocenters. The monoisotopic (exact) mass is 498 g/mol. The van der Waals surface area contributed by atoms with Crippen molar-refractivity contribution in [3.05, 3.63) is 0 Å². The average molecular weight is 499 g/mol. The van der Waals surface area contributed by atoms with Crippen LogP contribution in [0.15, 0.2) is 0 Å². The summed E-state index contributed by atoms with van der Waals surface area (Å²) in [5.41, 5.74) is 0. The highest BCUT2D eigenvalue weighted by molar-refractivity contribution is 7.87. The highest BCUT2D eigenvalue weighted by atomic mass is 32.2. The molecule has 0 bridgehead atoms. The summed E-state index contributed by atoms with van der Waals surface area (Å²) in [6.07, 6.45) is 12.3. The maximum absolute atomic E-state index is 11.2. The van der Waals surface area contributed by atoms with E-state index in [2.05, 4.69) is 6.92 Å². The van der Waals surface area contributed by atoms with Crippen molar-refractivity contribution in [3.8, 4) is 0 Å². The number of aliphatic carboxylic acids is 2. The van der Waals surface area contributed by atoms with Crippen molar-refractivity contribution in [1.82, 2.24) is 0 Å². The van der Waals surface area contributed by atoms with Crippen LogP contribution in [0.4, 0.5) is 0 Å². The van der Waals surface area contributed by atoms with Gasteiger partial charge in [0.15, 0.2) is 5.25 Å². The molecule has 0 aromatic rings. The largest absolute Gasteiger partial charge is 0.481 e. The first-order chi connectivity index (χ1) is 15.7. The molecule has 33 heavy (non-hydrogen) atoms. The van der Waals surface area contributed by atoms with Crippen molar-refractivity contribution in [2.24, 2.45) is 5.92 Å². The van der Waals surface area contributed by atoms with Crippen LogP contribution in [0.1, 0.15) is 77.6 Å². The van der Waals surface area contributed by atoms with E-state index >= 15 is 0 Å². The minimum absolute atomic E-state index is 0.133. The second kappa shape index (κ2) is 20.1. The fraction of sp³-hybridized carbons (Fsp3) is 0.909. The van der Waals surface area contributed by atoms with Gasteiger partial charge in [-0.1, -0.05) is 64.7 Å². The third-order valence-electron chi connectivity index (χ3n) is 5.21. The van der Waals surface area contributed by atoms with E-state index in [1.54, 1.807) is 0 Å². The van der Waals surface area contributed by atoms with Gasteiger partial charge in [-0.2, -0.15) is 8.42 Å². The van der Waals surface area contributed by atoms with Gasteiger partial charge in [-0.3, -0.25) is 14.1 Å². The van der Waals surface area contributed by atoms with Gasteiger partial charge in [0.05, 0.1) is 32.3 Å². The Morgan fingerprint density at radius 3 is 1.52 bits per heavy atom. The smallest absolute Gasteiger partial charge is 0.325 e. The van der Waals surface area contributed by atoms with Crippen LogP contribution in [-0.2, 0) is 33.9 Å². The summed E-state index contributed by atoms with van der Waals surface area (Å²) >= 11 is 0. The molecular weight excluding hydrogens is 456 g/mol. The summed E-state index contributed by atoms with van der Waals surface area (Å²) in [7, 11) is -5.06. The molecule has 0 aliphatic carbocycles. The van der Waals surface area contributed by atoms with Gasteiger partial charge in [-0.05, 0) is 12.8 Å². The zero-order chi connectivity index (χ0) is 25.0. The lowest BCUT2D eigenvalue weighted by Crippen LogP contribution is -2.41. The van der Waals surface area contributed by atoms with Crippen LogP contribution in [0.25, 0.3) is 0 Å². The Bertz CT molecular complexity index is 608. The van der Waals surface area contributed by atoms with E-state index < -0.39 is 33.2 Å². The number of carboxylic acid groups (broad SMARTS) is 2. The molecule has 10 nitrogen and oxygen atoms in total. The Hall–Kier alpha value is -1.27. The molecule has 0 aromatic carbocycles. The van der Waals surface area contributed by atoms with E-state index in [1.165, 1.54) is 57.8 Å². The molecule has 0 saturated carbocycles. The van der Waals surface area contributed by atoms with Gasteiger partial charge in [0.2, 0.25) is 0 Å². The molecule has 0 saturated heterocycles. The first kappa shape index (κ1) is 31.7. The highest BCUT2D eigenvalue weighted by Gasteiger charge is 2.42. The quantitative estimate of drug-likeness (QED) is 0.133. The minimum atomic E-state index is -5.06. The van der Waals surface area contributed by atoms with Gasteiger partial charge in [-0.25, -0.2) is 0 Å². The number of hydrogen-bond donors (Lipinski definition) is 3. The molecule has 196 valence electrons. The zero-order valence-corrected chi connectivity index (χ0v) is 20.6. The zero-order valence-electron chi connectivity index (χ0n) is 19.8. The normalized spacial score (nSPS) is 13.6. The van der Waals surface area contributed by atoms with E-state index in [0.29, 0.717) is 19.8 Å². The summed E-state index contributed by atoms with van der Waals surface area (Å²) in [6.45, 7) is 3.97. The number of rotatable bonds is 24. The van der Waals surface area contributed by atoms with Crippen molar-refractivity contribution in [1.29, 1.82) is 0 Å². The van der Waals surface area contributed by atoms with Crippen molar-refractivity contribution in [2.45, 2.75) is 82.8 Å². The molecule has 0 radical (unpaired) electrons. The summed E-state index contributed by atoms with van der Waals surface area (Å²) in [5, 5.41) is 15.5. The Morgan fingerprint density at radius 1 is 0.667 bits per heavy atom. The molecule has 0 amide bonds. The third kappa shape index (κ3) is 17.8. The topological polar surface area (TPSA) is 157 Å². The average Bonchev–Trinajstić information content (AvgIpc) is 2.73. The van der Waals surface area contributed by atoms with E-state index in [4.69, 9.17) is 29.0 Å². The molecule has 0 spiro atoms. The summed E-state index contributed by atoms with van der Waals surface area (Å²) in [6, 6.07) is 0. The molecule has 0 aliphatic heterocycles. The van der Waals surface area contributed by atoms with Gasteiger partial charge in [-0.15, -0.1) is 0 Å². The predicted octanol–water partition coefficient (Wildman–Crippen LogP) is 3.39. The van der Waals surface area contributed by atoms with Crippen LogP contribution in [0.5, 0.6) is 0 Å². The van der Waals surface area contributed by atoms with Crippen molar-refractivity contribution in [3.63, 3.8) is 0 Å². The van der Waals surface area contributed by atoms with Crippen LogP contribution in [0.2, 0.25) is 0 Å². The van der Waals surface area contributed by atoms with E-state index in [0.717, 1.165) is 6.42 Å². The molecule has 11 heteroatoms. The first-order valence-corrected chi connectivity index (χ1v) is 13.4. The van der Waals surface area contributed by atoms with Crippen LogP contribution in [0, 0.1) is 5.92 Å². The first-order valence-electron chi connectivity index (χ1n) is 11.9. The van der Waals surface area contributed by atoms with E-state index in [1.807, 2.05) is 0 Å². The van der Waals surface area contributed by atoms with Crippen LogP contribution < -0.4 is 0 Å². The predicted molar refractivity (Wildman–Crippen MR) is 123 cm³/mol. The second-order valence-electron chi connectivity index (χ2n) is 8.03. The van der Waals surface area contributed by atoms with Crippen molar-refractivity contribution in [2.75, 3.05) is 39.6 Å². The maximum atomic E-state index is 11.2. The Labute approximate surface area is 197 Å². The van der Waals surface area contributed by atoms with E-state index in [-0.39, 0.29) is 26.2 Å². The lowest BCUT2D eigenvalue weighted by Gasteiger charge is -2.17. The number of hydrogen-bond acceptors (Lipinski definition) is 7. The Morgan fingerprint density at radius 2 is 1.09 bits per heavy atom. The molecule has 0 fully saturated rings. The third-order valence-corrected chi connectivity index (χ3v) is 6.38. The van der Waals surface area contributed by atoms with Crippen LogP contribution >= 0.6 is 0 Å². The Balaban J connectivity index is 3.60.